The molecule has 19 heavy (non-hydrogen) atoms. The highest BCUT2D eigenvalue weighted by molar-refractivity contribution is 5.80. The molecule has 1 saturated heterocycles. The van der Waals surface area contributed by atoms with Crippen LogP contribution in [-0.2, 0) is 9.59 Å². The average molecular weight is 266 g/mol. The molecule has 1 fully saturated rings. The predicted octanol–water partition coefficient (Wildman–Crippen LogP) is 0.552. The highest BCUT2D eigenvalue weighted by atomic mass is 16.4. The first-order chi connectivity index (χ1) is 9.08. The summed E-state index contributed by atoms with van der Waals surface area (Å²) in [5.41, 5.74) is 0. The van der Waals surface area contributed by atoms with Gasteiger partial charge in [-0.15, -0.1) is 0 Å². The Morgan fingerprint density at radius 2 is 2.11 bits per heavy atom. The van der Waals surface area contributed by atoms with E-state index in [4.69, 9.17) is 5.11 Å². The van der Waals surface area contributed by atoms with Crippen molar-refractivity contribution >= 4 is 11.9 Å². The number of carbonyl (C=O) groups is 2. The van der Waals surface area contributed by atoms with Crippen LogP contribution in [0, 0.1) is 5.92 Å². The molecule has 1 aromatic heterocycles. The van der Waals surface area contributed by atoms with Crippen LogP contribution in [0.15, 0.2) is 12.7 Å². The number of aliphatic carboxylic acids is 1. The van der Waals surface area contributed by atoms with E-state index in [2.05, 4.69) is 10.1 Å². The molecule has 1 N–H and O–H groups in total. The summed E-state index contributed by atoms with van der Waals surface area (Å²) in [7, 11) is 0. The van der Waals surface area contributed by atoms with Gasteiger partial charge in [0.25, 0.3) is 0 Å². The predicted molar refractivity (Wildman–Crippen MR) is 66.3 cm³/mol. The Morgan fingerprint density at radius 3 is 2.63 bits per heavy atom. The van der Waals surface area contributed by atoms with Crippen molar-refractivity contribution in [2.24, 2.45) is 5.92 Å². The normalized spacial score (nSPS) is 18.3. The Bertz CT molecular complexity index is 438. The van der Waals surface area contributed by atoms with E-state index < -0.39 is 5.97 Å². The van der Waals surface area contributed by atoms with Crippen LogP contribution in [0.2, 0.25) is 0 Å². The topological polar surface area (TPSA) is 88.3 Å². The van der Waals surface area contributed by atoms with Gasteiger partial charge in [-0.1, -0.05) is 0 Å². The molecule has 0 saturated carbocycles. The van der Waals surface area contributed by atoms with Crippen molar-refractivity contribution in [2.45, 2.75) is 32.2 Å². The molecular weight excluding hydrogens is 248 g/mol. The van der Waals surface area contributed by atoms with E-state index in [1.54, 1.807) is 11.8 Å². The van der Waals surface area contributed by atoms with Gasteiger partial charge in [0, 0.05) is 19.5 Å². The van der Waals surface area contributed by atoms with Gasteiger partial charge in [0.2, 0.25) is 5.91 Å². The first kappa shape index (κ1) is 13.5. The van der Waals surface area contributed by atoms with Crippen molar-refractivity contribution in [1.29, 1.82) is 0 Å². The highest BCUT2D eigenvalue weighted by Gasteiger charge is 2.27. The summed E-state index contributed by atoms with van der Waals surface area (Å²) in [5, 5.41) is 12.7. The van der Waals surface area contributed by atoms with Crippen LogP contribution in [0.5, 0.6) is 0 Å². The van der Waals surface area contributed by atoms with Crippen LogP contribution in [0.1, 0.15) is 32.2 Å². The Hall–Kier alpha value is -1.92. The SMILES string of the molecule is CC(C(=O)N1CCC(CC(=O)O)CC1)n1cncn1. The molecule has 1 aromatic rings. The molecule has 104 valence electrons. The molecule has 0 aliphatic carbocycles. The molecule has 0 aromatic carbocycles. The third kappa shape index (κ3) is 3.30. The zero-order valence-electron chi connectivity index (χ0n) is 10.9. The second-order valence-corrected chi connectivity index (χ2v) is 4.92. The summed E-state index contributed by atoms with van der Waals surface area (Å²) in [6.07, 6.45) is 4.63. The van der Waals surface area contributed by atoms with E-state index >= 15 is 0 Å². The summed E-state index contributed by atoms with van der Waals surface area (Å²) in [6.45, 7) is 3.03. The smallest absolute Gasteiger partial charge is 0.303 e. The number of likely N-dealkylation sites (tertiary alicyclic amines) is 1. The summed E-state index contributed by atoms with van der Waals surface area (Å²) in [6, 6.07) is -0.362. The fraction of sp³-hybridized carbons (Fsp3) is 0.667. The highest BCUT2D eigenvalue weighted by Crippen LogP contribution is 2.22. The van der Waals surface area contributed by atoms with Crippen molar-refractivity contribution < 1.29 is 14.7 Å². The van der Waals surface area contributed by atoms with Crippen LogP contribution in [0.4, 0.5) is 0 Å². The van der Waals surface area contributed by atoms with Gasteiger partial charge in [0.05, 0.1) is 0 Å². The fourth-order valence-corrected chi connectivity index (χ4v) is 2.40. The van der Waals surface area contributed by atoms with Crippen LogP contribution >= 0.6 is 0 Å². The van der Waals surface area contributed by atoms with Crippen LogP contribution in [0.25, 0.3) is 0 Å². The summed E-state index contributed by atoms with van der Waals surface area (Å²) in [5.74, 6) is -0.566. The van der Waals surface area contributed by atoms with E-state index in [0.717, 1.165) is 12.8 Å². The first-order valence-corrected chi connectivity index (χ1v) is 6.42. The second-order valence-electron chi connectivity index (χ2n) is 4.92. The molecular formula is C12H18N4O3. The molecule has 2 rings (SSSR count). The van der Waals surface area contributed by atoms with E-state index in [0.29, 0.717) is 13.1 Å². The van der Waals surface area contributed by atoms with Gasteiger partial charge >= 0.3 is 5.97 Å². The lowest BCUT2D eigenvalue weighted by atomic mass is 9.93. The third-order valence-corrected chi connectivity index (χ3v) is 3.58. The van der Waals surface area contributed by atoms with Crippen LogP contribution < -0.4 is 0 Å². The van der Waals surface area contributed by atoms with Gasteiger partial charge in [-0.3, -0.25) is 9.59 Å². The van der Waals surface area contributed by atoms with Crippen LogP contribution in [0.3, 0.4) is 0 Å². The third-order valence-electron chi connectivity index (χ3n) is 3.58. The number of hydrogen-bond acceptors (Lipinski definition) is 4. The lowest BCUT2D eigenvalue weighted by molar-refractivity contribution is -0.139. The number of rotatable bonds is 4. The Kier molecular flexibility index (Phi) is 4.13. The number of carboxylic acids is 1. The summed E-state index contributed by atoms with van der Waals surface area (Å²) in [4.78, 5) is 28.5. The number of amides is 1. The number of hydrogen-bond donors (Lipinski definition) is 1. The lowest BCUT2D eigenvalue weighted by Gasteiger charge is -2.33. The number of carboxylic acid groups (broad SMARTS) is 1. The van der Waals surface area contributed by atoms with E-state index in [9.17, 15) is 9.59 Å². The van der Waals surface area contributed by atoms with Gasteiger partial charge in [-0.2, -0.15) is 5.10 Å². The molecule has 1 aliphatic rings. The molecule has 1 amide bonds. The minimum absolute atomic E-state index is 0.0132. The van der Waals surface area contributed by atoms with E-state index in [1.165, 1.54) is 17.3 Å². The molecule has 1 unspecified atom stereocenters. The van der Waals surface area contributed by atoms with Crippen molar-refractivity contribution in [3.05, 3.63) is 12.7 Å². The zero-order chi connectivity index (χ0) is 13.8. The Morgan fingerprint density at radius 1 is 1.42 bits per heavy atom. The minimum Gasteiger partial charge on any atom is -0.481 e. The van der Waals surface area contributed by atoms with Gasteiger partial charge in [-0.25, -0.2) is 9.67 Å². The molecule has 0 spiro atoms. The molecule has 2 heterocycles. The first-order valence-electron chi connectivity index (χ1n) is 6.42. The number of piperidine rings is 1. The van der Waals surface area contributed by atoms with Crippen molar-refractivity contribution in [2.75, 3.05) is 13.1 Å². The van der Waals surface area contributed by atoms with Gasteiger partial charge in [-0.05, 0) is 25.7 Å². The second kappa shape index (κ2) is 5.81. The maximum Gasteiger partial charge on any atom is 0.303 e. The average Bonchev–Trinajstić information content (AvgIpc) is 2.91. The summed E-state index contributed by atoms with van der Waals surface area (Å²) >= 11 is 0. The molecule has 7 heteroatoms. The Balaban J connectivity index is 1.87. The molecule has 1 atom stereocenters. The zero-order valence-corrected chi connectivity index (χ0v) is 10.9. The van der Waals surface area contributed by atoms with Gasteiger partial charge in [0.15, 0.2) is 0 Å². The summed E-state index contributed by atoms with van der Waals surface area (Å²) < 4.78 is 1.53. The van der Waals surface area contributed by atoms with E-state index in [1.807, 2.05) is 0 Å². The van der Waals surface area contributed by atoms with Crippen molar-refractivity contribution in [3.63, 3.8) is 0 Å². The van der Waals surface area contributed by atoms with Gasteiger partial charge < -0.3 is 10.0 Å². The molecule has 7 nitrogen and oxygen atoms in total. The standard InChI is InChI=1S/C12H18N4O3/c1-9(16-8-13-7-14-16)12(19)15-4-2-10(3-5-15)6-11(17)18/h7-10H,2-6H2,1H3,(H,17,18). The lowest BCUT2D eigenvalue weighted by Crippen LogP contribution is -2.42. The minimum atomic E-state index is -0.763. The molecule has 0 radical (unpaired) electrons. The molecule has 1 aliphatic heterocycles. The van der Waals surface area contributed by atoms with E-state index in [-0.39, 0.29) is 24.3 Å². The quantitative estimate of drug-likeness (QED) is 0.859. The monoisotopic (exact) mass is 266 g/mol. The fourth-order valence-electron chi connectivity index (χ4n) is 2.40. The molecule has 0 bridgehead atoms. The number of nitrogens with zero attached hydrogens (tertiary/aromatic N) is 4. The maximum atomic E-state index is 12.2. The number of carbonyl (C=O) groups excluding carboxylic acids is 1. The maximum absolute atomic E-state index is 12.2. The number of aromatic nitrogens is 3. The van der Waals surface area contributed by atoms with Crippen LogP contribution in [-0.4, -0.2) is 49.7 Å². The largest absolute Gasteiger partial charge is 0.481 e. The van der Waals surface area contributed by atoms with Crippen molar-refractivity contribution in [1.82, 2.24) is 19.7 Å². The van der Waals surface area contributed by atoms with Crippen molar-refractivity contribution in [3.8, 4) is 0 Å². The van der Waals surface area contributed by atoms with Gasteiger partial charge in [0.1, 0.15) is 18.7 Å². The Labute approximate surface area is 111 Å².